The van der Waals surface area contributed by atoms with Crippen LogP contribution in [0.15, 0.2) is 24.3 Å². The number of anilines is 1. The number of halogens is 1. The number of carbonyl (C=O) groups is 1. The molecule has 1 atom stereocenters. The van der Waals surface area contributed by atoms with Crippen molar-refractivity contribution >= 4 is 34.2 Å². The number of nitrogens with zero attached hydrogens (tertiary/aromatic N) is 1. The van der Waals surface area contributed by atoms with Crippen LogP contribution in [0.3, 0.4) is 0 Å². The van der Waals surface area contributed by atoms with E-state index < -0.39 is 0 Å². The van der Waals surface area contributed by atoms with Gasteiger partial charge in [0.1, 0.15) is 0 Å². The molecule has 1 unspecified atom stereocenters. The highest BCUT2D eigenvalue weighted by Gasteiger charge is 2.19. The van der Waals surface area contributed by atoms with Gasteiger partial charge in [0.25, 0.3) is 0 Å². The van der Waals surface area contributed by atoms with E-state index in [-0.39, 0.29) is 12.5 Å². The van der Waals surface area contributed by atoms with Gasteiger partial charge in [-0.25, -0.2) is 0 Å². The fourth-order valence-corrected chi connectivity index (χ4v) is 3.11. The average molecular weight is 403 g/mol. The summed E-state index contributed by atoms with van der Waals surface area (Å²) in [6.45, 7) is 2.76. The van der Waals surface area contributed by atoms with Crippen molar-refractivity contribution in [2.45, 2.75) is 18.9 Å². The quantitative estimate of drug-likeness (QED) is 0.601. The highest BCUT2D eigenvalue weighted by Crippen LogP contribution is 2.12. The smallest absolute Gasteiger partial charge is 0.238 e. The first-order valence-corrected chi connectivity index (χ1v) is 8.37. The third kappa shape index (κ3) is 5.90. The molecule has 0 aliphatic carbocycles. The van der Waals surface area contributed by atoms with E-state index in [0.717, 1.165) is 28.8 Å². The Morgan fingerprint density at radius 1 is 1.52 bits per heavy atom. The minimum Gasteiger partial charge on any atom is -0.395 e. The van der Waals surface area contributed by atoms with E-state index >= 15 is 0 Å². The molecule has 21 heavy (non-hydrogen) atoms. The van der Waals surface area contributed by atoms with Crippen LogP contribution in [0, 0.1) is 3.57 Å². The monoisotopic (exact) mass is 403 g/mol. The minimum atomic E-state index is -0.0385. The molecule has 1 amide bonds. The van der Waals surface area contributed by atoms with Crippen molar-refractivity contribution in [3.63, 3.8) is 0 Å². The fraction of sp³-hybridized carbons (Fsp3) is 0.533. The predicted molar refractivity (Wildman–Crippen MR) is 92.3 cm³/mol. The molecule has 5 nitrogen and oxygen atoms in total. The van der Waals surface area contributed by atoms with Gasteiger partial charge >= 0.3 is 0 Å². The Morgan fingerprint density at radius 2 is 2.38 bits per heavy atom. The molecule has 1 saturated heterocycles. The number of hydrogen-bond donors (Lipinski definition) is 3. The van der Waals surface area contributed by atoms with Crippen molar-refractivity contribution < 1.29 is 9.90 Å². The molecule has 0 radical (unpaired) electrons. The largest absolute Gasteiger partial charge is 0.395 e. The maximum Gasteiger partial charge on any atom is 0.238 e. The first-order chi connectivity index (χ1) is 10.2. The normalized spacial score (nSPS) is 18.1. The lowest BCUT2D eigenvalue weighted by molar-refractivity contribution is -0.117. The van der Waals surface area contributed by atoms with Gasteiger partial charge in [0.2, 0.25) is 5.91 Å². The van der Waals surface area contributed by atoms with Gasteiger partial charge in [-0.3, -0.25) is 9.69 Å². The Morgan fingerprint density at radius 3 is 3.05 bits per heavy atom. The van der Waals surface area contributed by atoms with Crippen LogP contribution in [-0.4, -0.2) is 54.7 Å². The van der Waals surface area contributed by atoms with Crippen LogP contribution in [0.5, 0.6) is 0 Å². The number of amides is 1. The van der Waals surface area contributed by atoms with Gasteiger partial charge in [-0.15, -0.1) is 0 Å². The van der Waals surface area contributed by atoms with E-state index in [0.29, 0.717) is 19.1 Å². The van der Waals surface area contributed by atoms with Gasteiger partial charge in [0, 0.05) is 28.4 Å². The molecule has 1 heterocycles. The third-order valence-corrected chi connectivity index (χ3v) is 4.20. The molecule has 0 bridgehead atoms. The summed E-state index contributed by atoms with van der Waals surface area (Å²) >= 11 is 2.22. The molecule has 1 aliphatic rings. The number of aliphatic hydroxyl groups excluding tert-OH is 1. The van der Waals surface area contributed by atoms with Gasteiger partial charge in [-0.05, 0) is 60.2 Å². The van der Waals surface area contributed by atoms with Crippen molar-refractivity contribution in [1.82, 2.24) is 10.2 Å². The molecule has 1 aromatic rings. The summed E-state index contributed by atoms with van der Waals surface area (Å²) in [5, 5.41) is 15.5. The predicted octanol–water partition coefficient (Wildman–Crippen LogP) is 1.28. The summed E-state index contributed by atoms with van der Waals surface area (Å²) in [6, 6.07) is 8.16. The lowest BCUT2D eigenvalue weighted by Crippen LogP contribution is -2.42. The summed E-state index contributed by atoms with van der Waals surface area (Å²) in [6.07, 6.45) is 2.33. The van der Waals surface area contributed by atoms with Gasteiger partial charge in [-0.2, -0.15) is 0 Å². The zero-order valence-electron chi connectivity index (χ0n) is 12.0. The van der Waals surface area contributed by atoms with Crippen molar-refractivity contribution in [2.24, 2.45) is 0 Å². The number of benzene rings is 1. The SMILES string of the molecule is O=C(CN(CCO)CC1CCCN1)Nc1cccc(I)c1. The molecule has 0 aromatic heterocycles. The number of carbonyl (C=O) groups excluding carboxylic acids is 1. The summed E-state index contributed by atoms with van der Waals surface area (Å²) in [4.78, 5) is 14.1. The minimum absolute atomic E-state index is 0.0385. The van der Waals surface area contributed by atoms with Crippen LogP contribution in [0.4, 0.5) is 5.69 Å². The summed E-state index contributed by atoms with van der Waals surface area (Å²) in [7, 11) is 0. The molecule has 0 spiro atoms. The lowest BCUT2D eigenvalue weighted by atomic mass is 10.2. The molecular formula is C15H22IN3O2. The van der Waals surface area contributed by atoms with Gasteiger partial charge in [0.05, 0.1) is 13.2 Å². The van der Waals surface area contributed by atoms with Crippen molar-refractivity contribution in [2.75, 3.05) is 38.1 Å². The number of hydrogen-bond acceptors (Lipinski definition) is 4. The van der Waals surface area contributed by atoms with E-state index in [2.05, 4.69) is 33.2 Å². The van der Waals surface area contributed by atoms with Crippen LogP contribution in [0.25, 0.3) is 0 Å². The Balaban J connectivity index is 1.85. The zero-order valence-corrected chi connectivity index (χ0v) is 14.2. The van der Waals surface area contributed by atoms with Crippen molar-refractivity contribution in [3.8, 4) is 0 Å². The second-order valence-electron chi connectivity index (χ2n) is 5.31. The van der Waals surface area contributed by atoms with Gasteiger partial charge < -0.3 is 15.7 Å². The summed E-state index contributed by atoms with van der Waals surface area (Å²) in [5.74, 6) is -0.0385. The van der Waals surface area contributed by atoms with Crippen LogP contribution in [0.2, 0.25) is 0 Å². The maximum absolute atomic E-state index is 12.1. The molecule has 1 aliphatic heterocycles. The molecular weight excluding hydrogens is 381 g/mol. The molecule has 1 fully saturated rings. The first kappa shape index (κ1) is 16.7. The van der Waals surface area contributed by atoms with E-state index in [4.69, 9.17) is 5.11 Å². The average Bonchev–Trinajstić information content (AvgIpc) is 2.91. The van der Waals surface area contributed by atoms with Crippen LogP contribution in [-0.2, 0) is 4.79 Å². The van der Waals surface area contributed by atoms with E-state index in [1.54, 1.807) is 0 Å². The Bertz CT molecular complexity index is 464. The highest BCUT2D eigenvalue weighted by molar-refractivity contribution is 14.1. The second-order valence-corrected chi connectivity index (χ2v) is 6.56. The molecule has 2 rings (SSSR count). The Kier molecular flexibility index (Phi) is 6.88. The maximum atomic E-state index is 12.1. The van der Waals surface area contributed by atoms with Crippen LogP contribution >= 0.6 is 22.6 Å². The second kappa shape index (κ2) is 8.67. The molecule has 6 heteroatoms. The van der Waals surface area contributed by atoms with Crippen LogP contribution < -0.4 is 10.6 Å². The standard InChI is InChI=1S/C15H22IN3O2/c16-12-3-1-4-13(9-12)18-15(21)11-19(7-8-20)10-14-5-2-6-17-14/h1,3-4,9,14,17,20H,2,5-8,10-11H2,(H,18,21). The van der Waals surface area contributed by atoms with Crippen molar-refractivity contribution in [3.05, 3.63) is 27.8 Å². The van der Waals surface area contributed by atoms with Crippen molar-refractivity contribution in [1.29, 1.82) is 0 Å². The number of aliphatic hydroxyl groups is 1. The van der Waals surface area contributed by atoms with Gasteiger partial charge in [-0.1, -0.05) is 6.07 Å². The third-order valence-electron chi connectivity index (χ3n) is 3.53. The zero-order chi connectivity index (χ0) is 15.1. The Labute approximate surface area is 139 Å². The molecule has 116 valence electrons. The highest BCUT2D eigenvalue weighted by atomic mass is 127. The number of nitrogens with one attached hydrogen (secondary N) is 2. The van der Waals surface area contributed by atoms with E-state index in [9.17, 15) is 4.79 Å². The topological polar surface area (TPSA) is 64.6 Å². The van der Waals surface area contributed by atoms with Crippen LogP contribution in [0.1, 0.15) is 12.8 Å². The lowest BCUT2D eigenvalue weighted by Gasteiger charge is -2.24. The van der Waals surface area contributed by atoms with E-state index in [1.165, 1.54) is 6.42 Å². The van der Waals surface area contributed by atoms with Gasteiger partial charge in [0.15, 0.2) is 0 Å². The fourth-order valence-electron chi connectivity index (χ4n) is 2.57. The molecule has 1 aromatic carbocycles. The Hall–Kier alpha value is -0.700. The number of rotatable bonds is 7. The molecule has 3 N–H and O–H groups in total. The first-order valence-electron chi connectivity index (χ1n) is 7.29. The summed E-state index contributed by atoms with van der Waals surface area (Å²) in [5.41, 5.74) is 0.815. The van der Waals surface area contributed by atoms with E-state index in [1.807, 2.05) is 29.2 Å². The molecule has 0 saturated carbocycles. The summed E-state index contributed by atoms with van der Waals surface area (Å²) < 4.78 is 1.09.